The van der Waals surface area contributed by atoms with Gasteiger partial charge >= 0.3 is 5.69 Å². The predicted octanol–water partition coefficient (Wildman–Crippen LogP) is 2.14. The van der Waals surface area contributed by atoms with Crippen molar-refractivity contribution in [1.29, 1.82) is 0 Å². The number of anilines is 2. The van der Waals surface area contributed by atoms with Crippen LogP contribution in [0.2, 0.25) is 0 Å². The SMILES string of the molecule is O=[N+]([O-])c1ccc(NCC2CCC(O)C2)nc1NCC1CCC(O)C1. The Bertz CT molecular complexity index is 612. The third-order valence-corrected chi connectivity index (χ3v) is 5.23. The van der Waals surface area contributed by atoms with Gasteiger partial charge in [-0.3, -0.25) is 10.1 Å². The second-order valence-electron chi connectivity index (χ2n) is 7.25. The molecular weight excluding hydrogens is 324 g/mol. The standard InChI is InChI=1S/C17H26N4O4/c22-13-3-1-11(7-13)9-18-16-6-5-15(21(24)25)17(20-16)19-10-12-2-4-14(23)8-12/h5-6,11-14,22-23H,1-4,7-10H2,(H2,18,19,20). The van der Waals surface area contributed by atoms with Crippen molar-refractivity contribution >= 4 is 17.3 Å². The zero-order chi connectivity index (χ0) is 17.8. The molecule has 1 aromatic heterocycles. The van der Waals surface area contributed by atoms with Gasteiger partial charge in [-0.15, -0.1) is 0 Å². The first-order chi connectivity index (χ1) is 12.0. The monoisotopic (exact) mass is 350 g/mol. The number of nitrogens with zero attached hydrogens (tertiary/aromatic N) is 2. The number of aliphatic hydroxyl groups excluding tert-OH is 2. The van der Waals surface area contributed by atoms with Crippen LogP contribution in [0, 0.1) is 22.0 Å². The van der Waals surface area contributed by atoms with Gasteiger partial charge in [0, 0.05) is 19.2 Å². The summed E-state index contributed by atoms with van der Waals surface area (Å²) in [6, 6.07) is 3.08. The maximum absolute atomic E-state index is 11.2. The molecule has 2 aliphatic rings. The summed E-state index contributed by atoms with van der Waals surface area (Å²) in [5, 5.41) is 36.7. The molecule has 4 atom stereocenters. The Morgan fingerprint density at radius 3 is 2.16 bits per heavy atom. The number of pyridine rings is 1. The van der Waals surface area contributed by atoms with Crippen LogP contribution in [0.25, 0.3) is 0 Å². The van der Waals surface area contributed by atoms with E-state index in [0.29, 0.717) is 30.7 Å². The molecule has 4 N–H and O–H groups in total. The molecular formula is C17H26N4O4. The van der Waals surface area contributed by atoms with Crippen LogP contribution in [0.5, 0.6) is 0 Å². The van der Waals surface area contributed by atoms with Crippen molar-refractivity contribution in [2.75, 3.05) is 23.7 Å². The molecule has 0 saturated heterocycles. The molecule has 1 heterocycles. The van der Waals surface area contributed by atoms with E-state index in [1.807, 2.05) is 0 Å². The topological polar surface area (TPSA) is 121 Å². The molecule has 8 nitrogen and oxygen atoms in total. The van der Waals surface area contributed by atoms with Crippen LogP contribution in [-0.4, -0.2) is 45.4 Å². The molecule has 0 aromatic carbocycles. The summed E-state index contributed by atoms with van der Waals surface area (Å²) < 4.78 is 0. The molecule has 2 fully saturated rings. The highest BCUT2D eigenvalue weighted by molar-refractivity contribution is 5.60. The maximum Gasteiger partial charge on any atom is 0.311 e. The van der Waals surface area contributed by atoms with E-state index in [9.17, 15) is 20.3 Å². The fraction of sp³-hybridized carbons (Fsp3) is 0.706. The highest BCUT2D eigenvalue weighted by Crippen LogP contribution is 2.29. The van der Waals surface area contributed by atoms with Crippen LogP contribution < -0.4 is 10.6 Å². The van der Waals surface area contributed by atoms with E-state index in [-0.39, 0.29) is 23.7 Å². The molecule has 2 saturated carbocycles. The molecule has 4 unspecified atom stereocenters. The van der Waals surface area contributed by atoms with E-state index >= 15 is 0 Å². The number of rotatable bonds is 7. The Kier molecular flexibility index (Phi) is 5.70. The predicted molar refractivity (Wildman–Crippen MR) is 94.6 cm³/mol. The van der Waals surface area contributed by atoms with Crippen LogP contribution >= 0.6 is 0 Å². The van der Waals surface area contributed by atoms with Gasteiger partial charge in [0.1, 0.15) is 5.82 Å². The Hall–Kier alpha value is -1.93. The second kappa shape index (κ2) is 7.97. The first-order valence-electron chi connectivity index (χ1n) is 9.00. The fourth-order valence-corrected chi connectivity index (χ4v) is 3.79. The quantitative estimate of drug-likeness (QED) is 0.439. The Labute approximate surface area is 146 Å². The minimum absolute atomic E-state index is 0.0413. The molecule has 0 bridgehead atoms. The minimum atomic E-state index is -0.435. The smallest absolute Gasteiger partial charge is 0.311 e. The lowest BCUT2D eigenvalue weighted by Crippen LogP contribution is -2.16. The van der Waals surface area contributed by atoms with Crippen molar-refractivity contribution < 1.29 is 15.1 Å². The van der Waals surface area contributed by atoms with E-state index in [1.165, 1.54) is 6.07 Å². The number of aliphatic hydroxyl groups is 2. The number of hydrogen-bond acceptors (Lipinski definition) is 7. The summed E-state index contributed by atoms with van der Waals surface area (Å²) in [6.07, 6.45) is 4.56. The van der Waals surface area contributed by atoms with Crippen molar-refractivity contribution in [2.45, 2.75) is 50.7 Å². The summed E-state index contributed by atoms with van der Waals surface area (Å²) in [7, 11) is 0. The lowest BCUT2D eigenvalue weighted by atomic mass is 10.1. The van der Waals surface area contributed by atoms with Crippen molar-refractivity contribution in [3.05, 3.63) is 22.2 Å². The molecule has 138 valence electrons. The summed E-state index contributed by atoms with van der Waals surface area (Å²) in [5.41, 5.74) is -0.0413. The van der Waals surface area contributed by atoms with Crippen molar-refractivity contribution in [3.8, 4) is 0 Å². The Morgan fingerprint density at radius 1 is 1.04 bits per heavy atom. The highest BCUT2D eigenvalue weighted by atomic mass is 16.6. The summed E-state index contributed by atoms with van der Waals surface area (Å²) >= 11 is 0. The van der Waals surface area contributed by atoms with Crippen molar-refractivity contribution in [2.24, 2.45) is 11.8 Å². The molecule has 0 radical (unpaired) electrons. The number of hydrogen-bond donors (Lipinski definition) is 4. The van der Waals surface area contributed by atoms with Gasteiger partial charge in [-0.25, -0.2) is 4.98 Å². The molecule has 3 rings (SSSR count). The third-order valence-electron chi connectivity index (χ3n) is 5.23. The van der Waals surface area contributed by atoms with Crippen LogP contribution in [-0.2, 0) is 0 Å². The molecule has 1 aromatic rings. The largest absolute Gasteiger partial charge is 0.393 e. The van der Waals surface area contributed by atoms with E-state index < -0.39 is 4.92 Å². The minimum Gasteiger partial charge on any atom is -0.393 e. The summed E-state index contributed by atoms with van der Waals surface area (Å²) in [4.78, 5) is 15.2. The molecule has 2 aliphatic carbocycles. The third kappa shape index (κ3) is 4.79. The van der Waals surface area contributed by atoms with Gasteiger partial charge in [0.15, 0.2) is 0 Å². The van der Waals surface area contributed by atoms with E-state index in [4.69, 9.17) is 0 Å². The molecule has 0 spiro atoms. The van der Waals surface area contributed by atoms with Crippen LogP contribution in [0.15, 0.2) is 12.1 Å². The van der Waals surface area contributed by atoms with E-state index in [0.717, 1.165) is 38.5 Å². The van der Waals surface area contributed by atoms with E-state index in [2.05, 4.69) is 15.6 Å². The van der Waals surface area contributed by atoms with Crippen LogP contribution in [0.1, 0.15) is 38.5 Å². The summed E-state index contributed by atoms with van der Waals surface area (Å²) in [5.74, 6) is 1.58. The zero-order valence-electron chi connectivity index (χ0n) is 14.2. The Balaban J connectivity index is 1.61. The van der Waals surface area contributed by atoms with Gasteiger partial charge in [0.05, 0.1) is 17.1 Å². The van der Waals surface area contributed by atoms with Gasteiger partial charge in [-0.1, -0.05) is 0 Å². The van der Waals surface area contributed by atoms with E-state index in [1.54, 1.807) is 6.07 Å². The van der Waals surface area contributed by atoms with Gasteiger partial charge < -0.3 is 20.8 Å². The second-order valence-corrected chi connectivity index (χ2v) is 7.25. The van der Waals surface area contributed by atoms with Crippen LogP contribution in [0.4, 0.5) is 17.3 Å². The van der Waals surface area contributed by atoms with Gasteiger partial charge in [0.25, 0.3) is 0 Å². The molecule has 0 amide bonds. The maximum atomic E-state index is 11.2. The first kappa shape index (κ1) is 17.9. The number of aromatic nitrogens is 1. The van der Waals surface area contributed by atoms with Crippen molar-refractivity contribution in [3.63, 3.8) is 0 Å². The average Bonchev–Trinajstić information content (AvgIpc) is 3.19. The number of nitrogens with one attached hydrogen (secondary N) is 2. The molecule has 25 heavy (non-hydrogen) atoms. The van der Waals surface area contributed by atoms with Crippen LogP contribution in [0.3, 0.4) is 0 Å². The fourth-order valence-electron chi connectivity index (χ4n) is 3.79. The lowest BCUT2D eigenvalue weighted by molar-refractivity contribution is -0.384. The Morgan fingerprint density at radius 2 is 1.64 bits per heavy atom. The lowest BCUT2D eigenvalue weighted by Gasteiger charge is -2.14. The van der Waals surface area contributed by atoms with Crippen molar-refractivity contribution in [1.82, 2.24) is 4.98 Å². The normalized spacial score (nSPS) is 28.9. The van der Waals surface area contributed by atoms with Gasteiger partial charge in [-0.2, -0.15) is 0 Å². The summed E-state index contributed by atoms with van der Waals surface area (Å²) in [6.45, 7) is 1.28. The first-order valence-corrected chi connectivity index (χ1v) is 9.00. The number of nitro groups is 1. The van der Waals surface area contributed by atoms with Gasteiger partial charge in [-0.05, 0) is 56.4 Å². The highest BCUT2D eigenvalue weighted by Gasteiger charge is 2.25. The van der Waals surface area contributed by atoms with Gasteiger partial charge in [0.2, 0.25) is 5.82 Å². The average molecular weight is 350 g/mol. The molecule has 8 heteroatoms. The zero-order valence-corrected chi connectivity index (χ0v) is 14.2. The molecule has 0 aliphatic heterocycles.